The number of esters is 1. The van der Waals surface area contributed by atoms with Crippen LogP contribution in [0.4, 0.5) is 8.78 Å². The number of allylic oxidation sites excluding steroid dienone is 4. The van der Waals surface area contributed by atoms with Gasteiger partial charge in [-0.25, -0.2) is 8.78 Å². The summed E-state index contributed by atoms with van der Waals surface area (Å²) in [6.45, 7) is 9.65. The molecule has 3 saturated carbocycles. The molecule has 0 aromatic heterocycles. The van der Waals surface area contributed by atoms with Gasteiger partial charge in [-0.2, -0.15) is 5.26 Å². The fourth-order valence-corrected chi connectivity index (χ4v) is 9.84. The predicted molar refractivity (Wildman–Crippen MR) is 137 cm³/mol. The third-order valence-corrected chi connectivity index (χ3v) is 11.9. The lowest BCUT2D eigenvalue weighted by atomic mass is 9.38. The fraction of sp³-hybridized carbons (Fsp3) is 0.742. The number of hydrogen-bond acceptors (Lipinski definition) is 5. The average molecular weight is 528 g/mol. The number of halogens is 2. The molecule has 0 heterocycles. The van der Waals surface area contributed by atoms with Crippen LogP contribution in [-0.4, -0.2) is 31.1 Å². The topological polar surface area (TPSA) is 84.2 Å². The lowest BCUT2D eigenvalue weighted by Gasteiger charge is -2.64. The van der Waals surface area contributed by atoms with Gasteiger partial charge in [0.25, 0.3) is 6.43 Å². The molecule has 3 fully saturated rings. The average Bonchev–Trinajstić information content (AvgIpc) is 2.86. The van der Waals surface area contributed by atoms with Crippen LogP contribution < -0.4 is 0 Å². The first kappa shape index (κ1) is 27.2. The molecule has 0 aromatic carbocycles. The van der Waals surface area contributed by atoms with E-state index in [0.717, 1.165) is 18.4 Å². The molecule has 5 rings (SSSR count). The molecule has 38 heavy (non-hydrogen) atoms. The van der Waals surface area contributed by atoms with Gasteiger partial charge in [-0.05, 0) is 86.5 Å². The summed E-state index contributed by atoms with van der Waals surface area (Å²) in [6.07, 6.45) is 4.97. The molecule has 206 valence electrons. The van der Waals surface area contributed by atoms with Crippen molar-refractivity contribution in [2.75, 3.05) is 7.11 Å². The molecule has 0 aromatic rings. The van der Waals surface area contributed by atoms with E-state index in [-0.39, 0.29) is 40.5 Å². The monoisotopic (exact) mass is 527 g/mol. The van der Waals surface area contributed by atoms with Crippen LogP contribution in [0, 0.1) is 62.1 Å². The van der Waals surface area contributed by atoms with E-state index in [1.54, 1.807) is 12.2 Å². The van der Waals surface area contributed by atoms with E-state index in [0.29, 0.717) is 32.1 Å². The summed E-state index contributed by atoms with van der Waals surface area (Å²) in [4.78, 5) is 40.5. The normalized spacial score (nSPS) is 45.5. The van der Waals surface area contributed by atoms with Gasteiger partial charge in [-0.1, -0.05) is 39.3 Å². The van der Waals surface area contributed by atoms with Gasteiger partial charge >= 0.3 is 5.97 Å². The van der Waals surface area contributed by atoms with E-state index in [9.17, 15) is 28.4 Å². The molecule has 5 nitrogen and oxygen atoms in total. The van der Waals surface area contributed by atoms with Crippen molar-refractivity contribution >= 4 is 17.5 Å². The molecule has 0 spiro atoms. The predicted octanol–water partition coefficient (Wildman–Crippen LogP) is 6.23. The molecule has 5 aliphatic rings. The molecular weight excluding hydrogens is 488 g/mol. The highest BCUT2D eigenvalue weighted by Gasteiger charge is 2.68. The number of carbonyl (C=O) groups excluding carboxylic acids is 3. The van der Waals surface area contributed by atoms with Crippen LogP contribution in [0.5, 0.6) is 0 Å². The highest BCUT2D eigenvalue weighted by atomic mass is 19.3. The van der Waals surface area contributed by atoms with Crippen molar-refractivity contribution in [1.29, 1.82) is 5.26 Å². The largest absolute Gasteiger partial charge is 0.469 e. The number of hydrogen-bond donors (Lipinski definition) is 0. The van der Waals surface area contributed by atoms with E-state index in [4.69, 9.17) is 4.74 Å². The third-order valence-electron chi connectivity index (χ3n) is 11.9. The van der Waals surface area contributed by atoms with Gasteiger partial charge in [-0.15, -0.1) is 0 Å². The Morgan fingerprint density at radius 2 is 1.74 bits per heavy atom. The number of ether oxygens (including phenoxy) is 1. The molecular formula is C31H39F2NO4. The van der Waals surface area contributed by atoms with E-state index in [2.05, 4.69) is 20.8 Å². The van der Waals surface area contributed by atoms with Crippen LogP contribution in [0.2, 0.25) is 0 Å². The van der Waals surface area contributed by atoms with Crippen LogP contribution in [-0.2, 0) is 19.1 Å². The smallest absolute Gasteiger partial charge is 0.312 e. The number of nitriles is 1. The van der Waals surface area contributed by atoms with Gasteiger partial charge in [0, 0.05) is 11.3 Å². The first-order chi connectivity index (χ1) is 17.6. The number of carbonyl (C=O) groups is 3. The van der Waals surface area contributed by atoms with Crippen molar-refractivity contribution in [3.8, 4) is 6.07 Å². The van der Waals surface area contributed by atoms with E-state index < -0.39 is 39.8 Å². The van der Waals surface area contributed by atoms with Crippen LogP contribution in [0.15, 0.2) is 23.3 Å². The molecule has 0 N–H and O–H groups in total. The van der Waals surface area contributed by atoms with Crippen molar-refractivity contribution in [3.05, 3.63) is 23.3 Å². The van der Waals surface area contributed by atoms with Gasteiger partial charge < -0.3 is 4.74 Å². The molecule has 0 bridgehead atoms. The number of methoxy groups -OCH3 is 1. The minimum atomic E-state index is -2.92. The summed E-state index contributed by atoms with van der Waals surface area (Å²) in [5.74, 6) is -2.32. The quantitative estimate of drug-likeness (QED) is 0.397. The van der Waals surface area contributed by atoms with Gasteiger partial charge in [0.15, 0.2) is 11.6 Å². The van der Waals surface area contributed by atoms with Gasteiger partial charge in [-0.3, -0.25) is 14.4 Å². The number of ketones is 2. The summed E-state index contributed by atoms with van der Waals surface area (Å²) >= 11 is 0. The third kappa shape index (κ3) is 3.27. The van der Waals surface area contributed by atoms with Gasteiger partial charge in [0.05, 0.1) is 23.5 Å². The summed E-state index contributed by atoms with van der Waals surface area (Å²) in [7, 11) is 1.42. The minimum Gasteiger partial charge on any atom is -0.469 e. The summed E-state index contributed by atoms with van der Waals surface area (Å²) < 4.78 is 34.5. The Bertz CT molecular complexity index is 1210. The second-order valence-corrected chi connectivity index (χ2v) is 14.1. The lowest BCUT2D eigenvalue weighted by molar-refractivity contribution is -0.178. The molecule has 5 aliphatic carbocycles. The molecule has 3 unspecified atom stereocenters. The Morgan fingerprint density at radius 3 is 2.34 bits per heavy atom. The number of nitrogens with zero attached hydrogens (tertiary/aromatic N) is 1. The maximum atomic E-state index is 14.6. The van der Waals surface area contributed by atoms with E-state index in [1.807, 2.05) is 13.0 Å². The molecule has 7 heteroatoms. The fourth-order valence-electron chi connectivity index (χ4n) is 9.84. The van der Waals surface area contributed by atoms with Crippen molar-refractivity contribution in [3.63, 3.8) is 0 Å². The van der Waals surface area contributed by atoms with E-state index >= 15 is 0 Å². The molecule has 0 aliphatic heterocycles. The summed E-state index contributed by atoms with van der Waals surface area (Å²) in [5, 5.41) is 9.75. The second kappa shape index (κ2) is 8.32. The highest BCUT2D eigenvalue weighted by molar-refractivity contribution is 6.05. The van der Waals surface area contributed by atoms with Gasteiger partial charge in [0.2, 0.25) is 0 Å². The molecule has 0 amide bonds. The lowest BCUT2D eigenvalue weighted by Crippen LogP contribution is -2.62. The maximum Gasteiger partial charge on any atom is 0.312 e. The number of fused-ring (bicyclic) bond motifs is 7. The SMILES string of the molecule is COC(=O)[C@@]12CCC3C(C(=O)C=C4[C@@]3(C)CC[C@H]3[C@](C)(C(F)F)C(=O)C(C#N)=C[C@]43C)C1CC(C)(C)CC2. The molecule has 0 radical (unpaired) electrons. The standard InChI is InChI=1S/C31H39F2NO4/c1-27(2)11-12-31(26(37)38-6)10-7-18-23(19(31)15-27)20(35)13-22-28(18,3)9-8-21-29(22,4)14-17(16-34)24(36)30(21,5)25(32)33/h13-14,18-19,21,23,25H,7-12,15H2,1-6H3/t18?,19?,21-,23?,28+,29+,30+,31-/m1/s1. The Morgan fingerprint density at radius 1 is 1.05 bits per heavy atom. The van der Waals surface area contributed by atoms with Gasteiger partial charge in [0.1, 0.15) is 6.07 Å². The Kier molecular flexibility index (Phi) is 5.96. The number of Topliss-reactive ketones (excluding diaryl/α,β-unsaturated/α-hetero) is 1. The van der Waals surface area contributed by atoms with Crippen LogP contribution in [0.1, 0.15) is 79.6 Å². The second-order valence-electron chi connectivity index (χ2n) is 14.1. The van der Waals surface area contributed by atoms with Crippen LogP contribution >= 0.6 is 0 Å². The zero-order valence-electron chi connectivity index (χ0n) is 23.3. The first-order valence-electron chi connectivity index (χ1n) is 13.9. The zero-order valence-corrected chi connectivity index (χ0v) is 23.3. The molecule has 0 saturated heterocycles. The Balaban J connectivity index is 1.67. The van der Waals surface area contributed by atoms with Crippen molar-refractivity contribution in [1.82, 2.24) is 0 Å². The summed E-state index contributed by atoms with van der Waals surface area (Å²) in [5.41, 5.74) is -3.62. The number of alkyl halides is 2. The first-order valence-corrected chi connectivity index (χ1v) is 13.9. The summed E-state index contributed by atoms with van der Waals surface area (Å²) in [6, 6.07) is 1.88. The maximum absolute atomic E-state index is 14.6. The minimum absolute atomic E-state index is 0.00780. The molecule has 8 atom stereocenters. The van der Waals surface area contributed by atoms with Crippen LogP contribution in [0.25, 0.3) is 0 Å². The van der Waals surface area contributed by atoms with Crippen molar-refractivity contribution in [2.24, 2.45) is 50.7 Å². The Labute approximate surface area is 224 Å². The zero-order chi connectivity index (χ0) is 28.1. The van der Waals surface area contributed by atoms with Crippen LogP contribution in [0.3, 0.4) is 0 Å². The number of rotatable bonds is 2. The Hall–Kier alpha value is -2.36. The van der Waals surface area contributed by atoms with Crippen molar-refractivity contribution < 1.29 is 27.9 Å². The highest BCUT2D eigenvalue weighted by Crippen LogP contribution is 2.71. The van der Waals surface area contributed by atoms with Crippen molar-refractivity contribution in [2.45, 2.75) is 86.0 Å². The van der Waals surface area contributed by atoms with E-state index in [1.165, 1.54) is 14.0 Å².